The molecule has 0 aliphatic carbocycles. The molecule has 1 amide bonds. The van der Waals surface area contributed by atoms with Gasteiger partial charge >= 0.3 is 0 Å². The second-order valence-electron chi connectivity index (χ2n) is 7.13. The summed E-state index contributed by atoms with van der Waals surface area (Å²) in [5.74, 6) is 0.403. The number of hydrogen-bond donors (Lipinski definition) is 2. The van der Waals surface area contributed by atoms with E-state index >= 15 is 0 Å². The number of carbonyl (C=O) groups excluding carboxylic acids is 1. The number of nitrogens with zero attached hydrogens (tertiary/aromatic N) is 2. The monoisotopic (exact) mass is 346 g/mol. The number of amides is 1. The molecule has 2 saturated heterocycles. The molecule has 2 aliphatic rings. The zero-order chi connectivity index (χ0) is 17.8. The van der Waals surface area contributed by atoms with Crippen molar-refractivity contribution >= 4 is 17.3 Å². The first-order chi connectivity index (χ1) is 12.0. The van der Waals surface area contributed by atoms with Gasteiger partial charge in [-0.2, -0.15) is 0 Å². The maximum atomic E-state index is 12.3. The number of nitro groups is 1. The van der Waals surface area contributed by atoms with E-state index in [-0.39, 0.29) is 16.5 Å². The van der Waals surface area contributed by atoms with Crippen molar-refractivity contribution in [2.75, 3.05) is 31.1 Å². The van der Waals surface area contributed by atoms with E-state index < -0.39 is 0 Å². The van der Waals surface area contributed by atoms with Gasteiger partial charge in [-0.3, -0.25) is 14.9 Å². The van der Waals surface area contributed by atoms with E-state index in [0.717, 1.165) is 45.3 Å². The molecular weight excluding hydrogens is 320 g/mol. The van der Waals surface area contributed by atoms with Gasteiger partial charge in [-0.15, -0.1) is 0 Å². The second kappa shape index (κ2) is 7.82. The van der Waals surface area contributed by atoms with E-state index in [1.165, 1.54) is 6.07 Å². The molecule has 7 nitrogen and oxygen atoms in total. The molecule has 1 aromatic rings. The summed E-state index contributed by atoms with van der Waals surface area (Å²) in [7, 11) is 0. The molecule has 7 heteroatoms. The lowest BCUT2D eigenvalue weighted by molar-refractivity contribution is -0.384. The Bertz CT molecular complexity index is 635. The van der Waals surface area contributed by atoms with Gasteiger partial charge in [-0.1, -0.05) is 6.92 Å². The second-order valence-corrected chi connectivity index (χ2v) is 7.13. The van der Waals surface area contributed by atoms with E-state index in [4.69, 9.17) is 0 Å². The highest BCUT2D eigenvalue weighted by Crippen LogP contribution is 2.32. The Balaban J connectivity index is 1.71. The normalized spacial score (nSPS) is 21.3. The smallest absolute Gasteiger partial charge is 0.293 e. The van der Waals surface area contributed by atoms with E-state index in [9.17, 15) is 14.9 Å². The molecule has 1 unspecified atom stereocenters. The van der Waals surface area contributed by atoms with Crippen LogP contribution in [0.15, 0.2) is 18.2 Å². The van der Waals surface area contributed by atoms with Crippen molar-refractivity contribution in [3.8, 4) is 0 Å². The van der Waals surface area contributed by atoms with Gasteiger partial charge in [0.1, 0.15) is 5.69 Å². The Hall–Kier alpha value is -2.15. The third-order valence-electron chi connectivity index (χ3n) is 5.23. The summed E-state index contributed by atoms with van der Waals surface area (Å²) >= 11 is 0. The Labute approximate surface area is 147 Å². The van der Waals surface area contributed by atoms with Crippen LogP contribution in [-0.2, 0) is 0 Å². The zero-order valence-electron chi connectivity index (χ0n) is 14.7. The Kier molecular flexibility index (Phi) is 5.53. The molecule has 2 fully saturated rings. The summed E-state index contributed by atoms with van der Waals surface area (Å²) in [5, 5.41) is 17.7. The number of hydrogen-bond acceptors (Lipinski definition) is 5. The molecule has 136 valence electrons. The topological polar surface area (TPSA) is 87.5 Å². The summed E-state index contributed by atoms with van der Waals surface area (Å²) in [6.45, 7) is 5.38. The molecular formula is C18H26N4O3. The fourth-order valence-corrected chi connectivity index (χ4v) is 3.58. The Morgan fingerprint density at radius 1 is 1.36 bits per heavy atom. The number of piperidine rings is 1. The standard InChI is InChI=1S/C18H26N4O3/c1-13-6-9-21(10-7-13)16-5-4-14(11-17(16)22(24)25)18(23)20-12-15-3-2-8-19-15/h4-5,11,13,15,19H,2-3,6-10,12H2,1H3,(H,20,23). The highest BCUT2D eigenvalue weighted by molar-refractivity contribution is 5.95. The quantitative estimate of drug-likeness (QED) is 0.631. The van der Waals surface area contributed by atoms with Crippen LogP contribution in [0, 0.1) is 16.0 Å². The third kappa shape index (κ3) is 4.28. The summed E-state index contributed by atoms with van der Waals surface area (Å²) in [4.78, 5) is 25.5. The summed E-state index contributed by atoms with van der Waals surface area (Å²) in [5.41, 5.74) is 0.978. The lowest BCUT2D eigenvalue weighted by Crippen LogP contribution is -2.37. The van der Waals surface area contributed by atoms with Crippen LogP contribution in [0.2, 0.25) is 0 Å². The fraction of sp³-hybridized carbons (Fsp3) is 0.611. The molecule has 3 rings (SSSR count). The van der Waals surface area contributed by atoms with Gasteiger partial charge in [-0.05, 0) is 50.3 Å². The van der Waals surface area contributed by atoms with Crippen LogP contribution < -0.4 is 15.5 Å². The van der Waals surface area contributed by atoms with Crippen molar-refractivity contribution in [3.05, 3.63) is 33.9 Å². The van der Waals surface area contributed by atoms with Gasteiger partial charge in [-0.25, -0.2) is 0 Å². The molecule has 0 aromatic heterocycles. The highest BCUT2D eigenvalue weighted by Gasteiger charge is 2.25. The van der Waals surface area contributed by atoms with Crippen LogP contribution in [0.5, 0.6) is 0 Å². The molecule has 2 aliphatic heterocycles. The van der Waals surface area contributed by atoms with E-state index in [0.29, 0.717) is 29.8 Å². The zero-order valence-corrected chi connectivity index (χ0v) is 14.7. The van der Waals surface area contributed by atoms with Gasteiger partial charge < -0.3 is 15.5 Å². The van der Waals surface area contributed by atoms with Gasteiger partial charge in [0, 0.05) is 37.3 Å². The average Bonchev–Trinajstić information content (AvgIpc) is 3.13. The lowest BCUT2D eigenvalue weighted by atomic mass is 9.98. The van der Waals surface area contributed by atoms with Gasteiger partial charge in [0.2, 0.25) is 0 Å². The van der Waals surface area contributed by atoms with Crippen LogP contribution in [0.25, 0.3) is 0 Å². The average molecular weight is 346 g/mol. The van der Waals surface area contributed by atoms with Crippen molar-refractivity contribution in [2.24, 2.45) is 5.92 Å². The lowest BCUT2D eigenvalue weighted by Gasteiger charge is -2.31. The van der Waals surface area contributed by atoms with Crippen molar-refractivity contribution < 1.29 is 9.72 Å². The van der Waals surface area contributed by atoms with Crippen molar-refractivity contribution in [1.82, 2.24) is 10.6 Å². The first-order valence-electron chi connectivity index (χ1n) is 9.09. The maximum Gasteiger partial charge on any atom is 0.293 e. The van der Waals surface area contributed by atoms with E-state index in [1.54, 1.807) is 12.1 Å². The SMILES string of the molecule is CC1CCN(c2ccc(C(=O)NCC3CCCN3)cc2[N+](=O)[O-])CC1. The first kappa shape index (κ1) is 17.7. The summed E-state index contributed by atoms with van der Waals surface area (Å²) in [6, 6.07) is 5.12. The van der Waals surface area contributed by atoms with Gasteiger partial charge in [0.25, 0.3) is 11.6 Å². The number of nitrogens with one attached hydrogen (secondary N) is 2. The molecule has 0 radical (unpaired) electrons. The predicted molar refractivity (Wildman–Crippen MR) is 97.1 cm³/mol. The molecule has 0 saturated carbocycles. The van der Waals surface area contributed by atoms with E-state index in [1.807, 2.05) is 0 Å². The van der Waals surface area contributed by atoms with Crippen molar-refractivity contribution in [3.63, 3.8) is 0 Å². The summed E-state index contributed by atoms with van der Waals surface area (Å²) < 4.78 is 0. The van der Waals surface area contributed by atoms with Crippen molar-refractivity contribution in [1.29, 1.82) is 0 Å². The molecule has 25 heavy (non-hydrogen) atoms. The van der Waals surface area contributed by atoms with Crippen LogP contribution >= 0.6 is 0 Å². The molecule has 2 heterocycles. The molecule has 1 atom stereocenters. The highest BCUT2D eigenvalue weighted by atomic mass is 16.6. The van der Waals surface area contributed by atoms with Crippen LogP contribution in [0.1, 0.15) is 43.0 Å². The maximum absolute atomic E-state index is 12.3. The van der Waals surface area contributed by atoms with Gasteiger partial charge in [0.05, 0.1) is 4.92 Å². The first-order valence-corrected chi connectivity index (χ1v) is 9.09. The van der Waals surface area contributed by atoms with Crippen LogP contribution in [0.4, 0.5) is 11.4 Å². The van der Waals surface area contributed by atoms with Gasteiger partial charge in [0.15, 0.2) is 0 Å². The van der Waals surface area contributed by atoms with Crippen molar-refractivity contribution in [2.45, 2.75) is 38.6 Å². The minimum absolute atomic E-state index is 0.0150. The Morgan fingerprint density at radius 3 is 2.76 bits per heavy atom. The number of carbonyl (C=O) groups is 1. The fourth-order valence-electron chi connectivity index (χ4n) is 3.58. The largest absolute Gasteiger partial charge is 0.366 e. The number of benzene rings is 1. The van der Waals surface area contributed by atoms with Crippen LogP contribution in [0.3, 0.4) is 0 Å². The minimum Gasteiger partial charge on any atom is -0.366 e. The number of rotatable bonds is 5. The van der Waals surface area contributed by atoms with Crippen LogP contribution in [-0.4, -0.2) is 43.1 Å². The predicted octanol–water partition coefficient (Wildman–Crippen LogP) is 2.31. The molecule has 2 N–H and O–H groups in total. The molecule has 0 bridgehead atoms. The van der Waals surface area contributed by atoms with E-state index in [2.05, 4.69) is 22.5 Å². The minimum atomic E-state index is -0.386. The molecule has 0 spiro atoms. The summed E-state index contributed by atoms with van der Waals surface area (Å²) in [6.07, 6.45) is 4.24. The molecule has 1 aromatic carbocycles. The third-order valence-corrected chi connectivity index (χ3v) is 5.23. The number of anilines is 1. The number of nitro benzene ring substituents is 1. The Morgan fingerprint density at radius 2 is 2.12 bits per heavy atom.